The summed E-state index contributed by atoms with van der Waals surface area (Å²) in [5.41, 5.74) is 2.13. The first-order chi connectivity index (χ1) is 11.7. The highest BCUT2D eigenvalue weighted by atomic mass is 16.2. The van der Waals surface area contributed by atoms with Crippen LogP contribution >= 0.6 is 0 Å². The summed E-state index contributed by atoms with van der Waals surface area (Å²) in [6.07, 6.45) is 8.41. The molecule has 0 aromatic heterocycles. The van der Waals surface area contributed by atoms with Crippen LogP contribution in [-0.4, -0.2) is 29.3 Å². The Morgan fingerprint density at radius 1 is 1.21 bits per heavy atom. The molecular weight excluding hydrogens is 300 g/mol. The molecule has 2 amide bonds. The number of hydrogen-bond donors (Lipinski definition) is 1. The van der Waals surface area contributed by atoms with Crippen LogP contribution in [0.2, 0.25) is 0 Å². The summed E-state index contributed by atoms with van der Waals surface area (Å²) in [4.78, 5) is 26.7. The monoisotopic (exact) mass is 328 g/mol. The van der Waals surface area contributed by atoms with Crippen molar-refractivity contribution in [3.63, 3.8) is 0 Å². The summed E-state index contributed by atoms with van der Waals surface area (Å²) in [6.45, 7) is 2.77. The van der Waals surface area contributed by atoms with Gasteiger partial charge in [0.1, 0.15) is 0 Å². The zero-order valence-corrected chi connectivity index (χ0v) is 14.6. The minimum Gasteiger partial charge on any atom is -0.339 e. The number of carbonyl (C=O) groups is 2. The Morgan fingerprint density at radius 2 is 1.92 bits per heavy atom. The van der Waals surface area contributed by atoms with E-state index in [1.54, 1.807) is 0 Å². The Hall–Kier alpha value is -1.84. The zero-order valence-electron chi connectivity index (χ0n) is 14.6. The van der Waals surface area contributed by atoms with Crippen molar-refractivity contribution in [2.24, 2.45) is 5.92 Å². The molecule has 1 saturated heterocycles. The maximum absolute atomic E-state index is 12.5. The first kappa shape index (κ1) is 17.0. The Morgan fingerprint density at radius 3 is 2.58 bits per heavy atom. The van der Waals surface area contributed by atoms with E-state index in [-0.39, 0.29) is 17.7 Å². The molecule has 1 atom stereocenters. The SMILES string of the molecule is CCCCc1ccc(NC(=O)C2CC(=O)N(C3CCCC3)C2)cc1. The number of hydrogen-bond acceptors (Lipinski definition) is 2. The lowest BCUT2D eigenvalue weighted by Gasteiger charge is -2.23. The van der Waals surface area contributed by atoms with E-state index in [1.807, 2.05) is 17.0 Å². The maximum Gasteiger partial charge on any atom is 0.229 e. The average molecular weight is 328 g/mol. The number of aryl methyl sites for hydroxylation is 1. The van der Waals surface area contributed by atoms with Gasteiger partial charge in [-0.1, -0.05) is 38.3 Å². The molecule has 3 rings (SSSR count). The smallest absolute Gasteiger partial charge is 0.229 e. The van der Waals surface area contributed by atoms with E-state index in [4.69, 9.17) is 0 Å². The standard InChI is InChI=1S/C20H28N2O2/c1-2-3-6-15-9-11-17(12-10-15)21-20(24)16-13-19(23)22(14-16)18-7-4-5-8-18/h9-12,16,18H,2-8,13-14H2,1H3,(H,21,24). The third kappa shape index (κ3) is 3.97. The highest BCUT2D eigenvalue weighted by Crippen LogP contribution is 2.30. The van der Waals surface area contributed by atoms with E-state index >= 15 is 0 Å². The number of rotatable bonds is 6. The van der Waals surface area contributed by atoms with Crippen LogP contribution in [0.5, 0.6) is 0 Å². The predicted octanol–water partition coefficient (Wildman–Crippen LogP) is 3.76. The molecule has 24 heavy (non-hydrogen) atoms. The van der Waals surface area contributed by atoms with Gasteiger partial charge in [0.15, 0.2) is 0 Å². The Balaban J connectivity index is 1.54. The Bertz CT molecular complexity index is 576. The summed E-state index contributed by atoms with van der Waals surface area (Å²) in [7, 11) is 0. The van der Waals surface area contributed by atoms with Crippen molar-refractivity contribution in [3.8, 4) is 0 Å². The Kier molecular flexibility index (Phi) is 5.54. The van der Waals surface area contributed by atoms with Crippen LogP contribution in [0.4, 0.5) is 5.69 Å². The molecule has 1 N–H and O–H groups in total. The summed E-state index contributed by atoms with van der Waals surface area (Å²) < 4.78 is 0. The molecule has 2 fully saturated rings. The molecule has 0 spiro atoms. The van der Waals surface area contributed by atoms with Crippen LogP contribution in [0.3, 0.4) is 0 Å². The summed E-state index contributed by atoms with van der Waals surface area (Å²) in [6, 6.07) is 8.46. The van der Waals surface area contributed by atoms with Gasteiger partial charge in [-0.3, -0.25) is 9.59 Å². The fourth-order valence-corrected chi connectivity index (χ4v) is 3.86. The van der Waals surface area contributed by atoms with Crippen LogP contribution in [-0.2, 0) is 16.0 Å². The number of anilines is 1. The predicted molar refractivity (Wildman–Crippen MR) is 95.8 cm³/mol. The number of benzene rings is 1. The van der Waals surface area contributed by atoms with E-state index in [0.29, 0.717) is 19.0 Å². The van der Waals surface area contributed by atoms with Crippen LogP contribution in [0.1, 0.15) is 57.4 Å². The Labute approximate surface area is 144 Å². The molecule has 1 saturated carbocycles. The van der Waals surface area contributed by atoms with Crippen LogP contribution in [0.25, 0.3) is 0 Å². The highest BCUT2D eigenvalue weighted by Gasteiger charge is 2.38. The number of nitrogens with zero attached hydrogens (tertiary/aromatic N) is 1. The van der Waals surface area contributed by atoms with Gasteiger partial charge in [0.2, 0.25) is 11.8 Å². The number of unbranched alkanes of at least 4 members (excludes halogenated alkanes) is 1. The van der Waals surface area contributed by atoms with Crippen molar-refractivity contribution in [2.45, 2.75) is 64.3 Å². The molecule has 1 aromatic rings. The minimum absolute atomic E-state index is 0.0230. The van der Waals surface area contributed by atoms with Gasteiger partial charge in [-0.25, -0.2) is 0 Å². The van der Waals surface area contributed by atoms with Gasteiger partial charge in [-0.2, -0.15) is 0 Å². The molecule has 1 heterocycles. The maximum atomic E-state index is 12.5. The van der Waals surface area contributed by atoms with Crippen molar-refractivity contribution in [2.75, 3.05) is 11.9 Å². The zero-order chi connectivity index (χ0) is 16.9. The first-order valence-electron chi connectivity index (χ1n) is 9.36. The van der Waals surface area contributed by atoms with Gasteiger partial charge >= 0.3 is 0 Å². The van der Waals surface area contributed by atoms with Gasteiger partial charge in [0.05, 0.1) is 5.92 Å². The molecule has 130 valence electrons. The second-order valence-electron chi connectivity index (χ2n) is 7.18. The molecule has 4 nitrogen and oxygen atoms in total. The molecule has 1 unspecified atom stereocenters. The molecule has 1 aliphatic heterocycles. The quantitative estimate of drug-likeness (QED) is 0.864. The number of nitrogens with one attached hydrogen (secondary N) is 1. The van der Waals surface area contributed by atoms with Gasteiger partial charge < -0.3 is 10.2 Å². The largest absolute Gasteiger partial charge is 0.339 e. The van der Waals surface area contributed by atoms with E-state index in [9.17, 15) is 9.59 Å². The second kappa shape index (κ2) is 7.82. The van der Waals surface area contributed by atoms with Crippen molar-refractivity contribution < 1.29 is 9.59 Å². The third-order valence-corrected chi connectivity index (χ3v) is 5.34. The van der Waals surface area contributed by atoms with Crippen LogP contribution in [0, 0.1) is 5.92 Å². The second-order valence-corrected chi connectivity index (χ2v) is 7.18. The summed E-state index contributed by atoms with van der Waals surface area (Å²) in [5.74, 6) is -0.0833. The molecule has 1 aromatic carbocycles. The summed E-state index contributed by atoms with van der Waals surface area (Å²) in [5, 5.41) is 2.98. The fraction of sp³-hybridized carbons (Fsp3) is 0.600. The van der Waals surface area contributed by atoms with Gasteiger partial charge in [0, 0.05) is 24.7 Å². The van der Waals surface area contributed by atoms with E-state index in [2.05, 4.69) is 24.4 Å². The van der Waals surface area contributed by atoms with Gasteiger partial charge in [-0.15, -0.1) is 0 Å². The van der Waals surface area contributed by atoms with Crippen molar-refractivity contribution >= 4 is 17.5 Å². The van der Waals surface area contributed by atoms with Crippen LogP contribution in [0.15, 0.2) is 24.3 Å². The van der Waals surface area contributed by atoms with E-state index < -0.39 is 0 Å². The van der Waals surface area contributed by atoms with Gasteiger partial charge in [-0.05, 0) is 43.4 Å². The van der Waals surface area contributed by atoms with Crippen LogP contribution < -0.4 is 5.32 Å². The normalized spacial score (nSPS) is 21.5. The lowest BCUT2D eigenvalue weighted by atomic mass is 10.1. The lowest BCUT2D eigenvalue weighted by molar-refractivity contribution is -0.129. The molecule has 1 aliphatic carbocycles. The van der Waals surface area contributed by atoms with Gasteiger partial charge in [0.25, 0.3) is 0 Å². The summed E-state index contributed by atoms with van der Waals surface area (Å²) >= 11 is 0. The highest BCUT2D eigenvalue weighted by molar-refractivity contribution is 5.97. The minimum atomic E-state index is -0.210. The van der Waals surface area contributed by atoms with E-state index in [0.717, 1.165) is 24.9 Å². The number of carbonyl (C=O) groups excluding carboxylic acids is 2. The van der Waals surface area contributed by atoms with E-state index in [1.165, 1.54) is 31.2 Å². The molecular formula is C20H28N2O2. The average Bonchev–Trinajstić information content (AvgIpc) is 3.23. The topological polar surface area (TPSA) is 49.4 Å². The van der Waals surface area contributed by atoms with Crippen molar-refractivity contribution in [3.05, 3.63) is 29.8 Å². The molecule has 0 bridgehead atoms. The van der Waals surface area contributed by atoms with Crippen molar-refractivity contribution in [1.29, 1.82) is 0 Å². The lowest BCUT2D eigenvalue weighted by Crippen LogP contribution is -2.35. The van der Waals surface area contributed by atoms with Crippen molar-refractivity contribution in [1.82, 2.24) is 4.90 Å². The number of amides is 2. The molecule has 2 aliphatic rings. The first-order valence-corrected chi connectivity index (χ1v) is 9.36. The fourth-order valence-electron chi connectivity index (χ4n) is 3.86. The molecule has 4 heteroatoms. The number of likely N-dealkylation sites (tertiary alicyclic amines) is 1. The third-order valence-electron chi connectivity index (χ3n) is 5.34. The molecule has 0 radical (unpaired) electrons.